The van der Waals surface area contributed by atoms with E-state index in [1.165, 1.54) is 27.0 Å². The van der Waals surface area contributed by atoms with Gasteiger partial charge in [-0.2, -0.15) is 18.4 Å². The summed E-state index contributed by atoms with van der Waals surface area (Å²) in [4.78, 5) is 26.9. The summed E-state index contributed by atoms with van der Waals surface area (Å²) in [5.41, 5.74) is -4.84. The molecule has 1 heterocycles. The molecule has 0 radical (unpaired) electrons. The van der Waals surface area contributed by atoms with Crippen LogP contribution in [0.2, 0.25) is 0 Å². The highest BCUT2D eigenvalue weighted by Gasteiger charge is 2.50. The van der Waals surface area contributed by atoms with E-state index < -0.39 is 68.9 Å². The summed E-state index contributed by atoms with van der Waals surface area (Å²) in [6.07, 6.45) is -4.89. The number of hydrogen-bond donors (Lipinski definition) is 1. The number of thiocarbonyl (C=S) groups is 1. The van der Waals surface area contributed by atoms with Gasteiger partial charge >= 0.3 is 6.18 Å². The minimum Gasteiger partial charge on any atom is -0.355 e. The van der Waals surface area contributed by atoms with Gasteiger partial charge in [-0.3, -0.25) is 14.5 Å². The number of halogens is 4. The highest BCUT2D eigenvalue weighted by atomic mass is 32.1. The van der Waals surface area contributed by atoms with Crippen LogP contribution >= 0.6 is 12.2 Å². The van der Waals surface area contributed by atoms with Crippen molar-refractivity contribution in [1.29, 1.82) is 5.26 Å². The van der Waals surface area contributed by atoms with Crippen molar-refractivity contribution < 1.29 is 29.9 Å². The van der Waals surface area contributed by atoms with E-state index in [0.29, 0.717) is 6.07 Å². The predicted molar refractivity (Wildman–Crippen MR) is 113 cm³/mol. The highest BCUT2D eigenvalue weighted by molar-refractivity contribution is 7.81. The van der Waals surface area contributed by atoms with Crippen LogP contribution < -0.4 is 15.1 Å². The lowest BCUT2D eigenvalue weighted by molar-refractivity contribution is -0.137. The number of amides is 2. The van der Waals surface area contributed by atoms with Gasteiger partial charge in [-0.05, 0) is 62.4 Å². The largest absolute Gasteiger partial charge is 0.417 e. The number of nitrogens with one attached hydrogen (secondary N) is 1. The van der Waals surface area contributed by atoms with Crippen LogP contribution in [0.4, 0.5) is 28.9 Å². The van der Waals surface area contributed by atoms with Crippen LogP contribution in [0.15, 0.2) is 36.4 Å². The third-order valence-electron chi connectivity index (χ3n) is 4.87. The zero-order valence-electron chi connectivity index (χ0n) is 18.9. The molecule has 3 rings (SSSR count). The van der Waals surface area contributed by atoms with E-state index >= 15 is 0 Å². The third kappa shape index (κ3) is 3.67. The summed E-state index contributed by atoms with van der Waals surface area (Å²) in [6.45, 7) is 2.69. The average molecular weight is 466 g/mol. The van der Waals surface area contributed by atoms with Gasteiger partial charge in [0.2, 0.25) is 0 Å². The van der Waals surface area contributed by atoms with Crippen molar-refractivity contribution in [2.45, 2.75) is 25.6 Å². The number of nitriles is 1. The first kappa shape index (κ1) is 20.4. The lowest BCUT2D eigenvalue weighted by Gasteiger charge is -2.29. The normalized spacial score (nSPS) is 16.6. The number of anilines is 2. The van der Waals surface area contributed by atoms with Crippen LogP contribution in [-0.2, 0) is 11.0 Å². The first-order valence-electron chi connectivity index (χ1n) is 10.00. The zero-order chi connectivity index (χ0) is 25.7. The molecule has 0 aromatic heterocycles. The lowest BCUT2D eigenvalue weighted by Crippen LogP contribution is -2.44. The van der Waals surface area contributed by atoms with E-state index in [1.54, 1.807) is 0 Å². The average Bonchev–Trinajstić information content (AvgIpc) is 2.94. The molecule has 2 amide bonds. The Morgan fingerprint density at radius 3 is 2.50 bits per heavy atom. The Morgan fingerprint density at radius 1 is 1.28 bits per heavy atom. The summed E-state index contributed by atoms with van der Waals surface area (Å²) in [6, 6.07) is 3.54. The topological polar surface area (TPSA) is 76.4 Å². The second-order valence-corrected chi connectivity index (χ2v) is 7.59. The molecule has 0 aliphatic carbocycles. The molecular weight excluding hydrogens is 448 g/mol. The number of hydrogen-bond acceptors (Lipinski definition) is 4. The fourth-order valence-electron chi connectivity index (χ4n) is 3.23. The van der Waals surface area contributed by atoms with E-state index in [1.807, 2.05) is 0 Å². The van der Waals surface area contributed by atoms with Gasteiger partial charge in [-0.15, -0.1) is 0 Å². The van der Waals surface area contributed by atoms with Crippen molar-refractivity contribution in [2.75, 3.05) is 16.8 Å². The molecule has 166 valence electrons. The fourth-order valence-corrected chi connectivity index (χ4v) is 3.74. The second kappa shape index (κ2) is 7.87. The number of alkyl halides is 3. The van der Waals surface area contributed by atoms with E-state index in [4.69, 9.17) is 20.2 Å². The van der Waals surface area contributed by atoms with E-state index in [9.17, 15) is 27.2 Å². The van der Waals surface area contributed by atoms with Crippen molar-refractivity contribution in [3.8, 4) is 6.07 Å². The Bertz CT molecular complexity index is 1290. The van der Waals surface area contributed by atoms with Gasteiger partial charge in [0, 0.05) is 12.7 Å². The monoisotopic (exact) mass is 466 g/mol. The second-order valence-electron chi connectivity index (χ2n) is 7.23. The quantitative estimate of drug-likeness (QED) is 0.547. The molecule has 0 bridgehead atoms. The van der Waals surface area contributed by atoms with Gasteiger partial charge in [0.25, 0.3) is 11.8 Å². The molecule has 1 aliphatic rings. The SMILES string of the molecule is [2H]c1cc(C(=O)NC)c(F)c([2H])c1N1C(=S)N(c2ccc(C#N)c(C(F)(F)F)c2)C(=O)C1(C)C. The van der Waals surface area contributed by atoms with Gasteiger partial charge in [-0.1, -0.05) is 0 Å². The molecule has 2 aromatic carbocycles. The van der Waals surface area contributed by atoms with Crippen molar-refractivity contribution in [1.82, 2.24) is 5.32 Å². The zero-order valence-corrected chi connectivity index (χ0v) is 17.7. The molecule has 0 atom stereocenters. The number of nitrogens with zero attached hydrogens (tertiary/aromatic N) is 3. The van der Waals surface area contributed by atoms with Crippen molar-refractivity contribution in [2.24, 2.45) is 0 Å². The molecule has 1 fully saturated rings. The van der Waals surface area contributed by atoms with Gasteiger partial charge in [0.15, 0.2) is 5.11 Å². The minimum absolute atomic E-state index is 0.294. The Kier molecular flexibility index (Phi) is 5.01. The van der Waals surface area contributed by atoms with Gasteiger partial charge in [-0.25, -0.2) is 4.39 Å². The van der Waals surface area contributed by atoms with Gasteiger partial charge in [0.1, 0.15) is 11.4 Å². The van der Waals surface area contributed by atoms with Crippen molar-refractivity contribution >= 4 is 40.5 Å². The van der Waals surface area contributed by atoms with Crippen LogP contribution in [0.3, 0.4) is 0 Å². The molecule has 32 heavy (non-hydrogen) atoms. The molecular formula is C21H16F4N4O2S. The summed E-state index contributed by atoms with van der Waals surface area (Å²) in [5.74, 6) is -2.93. The molecule has 11 heteroatoms. The number of rotatable bonds is 3. The molecule has 1 saturated heterocycles. The van der Waals surface area contributed by atoms with Crippen LogP contribution in [0, 0.1) is 17.1 Å². The Labute approximate surface area is 188 Å². The maximum absolute atomic E-state index is 14.8. The molecule has 6 nitrogen and oxygen atoms in total. The first-order chi connectivity index (χ1) is 15.7. The summed E-state index contributed by atoms with van der Waals surface area (Å²) in [7, 11) is 1.24. The summed E-state index contributed by atoms with van der Waals surface area (Å²) >= 11 is 5.34. The summed E-state index contributed by atoms with van der Waals surface area (Å²) < 4.78 is 71.7. The van der Waals surface area contributed by atoms with Crippen LogP contribution in [-0.4, -0.2) is 29.5 Å². The molecule has 1 N–H and O–H groups in total. The van der Waals surface area contributed by atoms with Gasteiger partial charge in [0.05, 0.1) is 31.2 Å². The molecule has 0 unspecified atom stereocenters. The maximum atomic E-state index is 14.8. The van der Waals surface area contributed by atoms with Crippen molar-refractivity contribution in [3.63, 3.8) is 0 Å². The molecule has 0 spiro atoms. The summed E-state index contributed by atoms with van der Waals surface area (Å²) in [5, 5.41) is 10.8. The Hall–Kier alpha value is -3.52. The molecule has 0 saturated carbocycles. The maximum Gasteiger partial charge on any atom is 0.417 e. The number of carbonyl (C=O) groups is 2. The Morgan fingerprint density at radius 2 is 1.94 bits per heavy atom. The predicted octanol–water partition coefficient (Wildman–Crippen LogP) is 3.99. The minimum atomic E-state index is -4.89. The molecule has 1 aliphatic heterocycles. The fraction of sp³-hybridized carbons (Fsp3) is 0.238. The van der Waals surface area contributed by atoms with Crippen LogP contribution in [0.25, 0.3) is 0 Å². The standard InChI is InChI=1S/C21H16F4N4O2S/c1-20(2)18(31)28(12-5-4-11(10-26)15(8-12)21(23,24)25)19(32)29(20)13-6-7-14(16(22)9-13)17(30)27-3/h4-9H,1-3H3,(H,27,30)/i6D,9D. The molecule has 2 aromatic rings. The number of benzene rings is 2. The van der Waals surface area contributed by atoms with E-state index in [0.717, 1.165) is 28.0 Å². The highest BCUT2D eigenvalue weighted by Crippen LogP contribution is 2.39. The van der Waals surface area contributed by atoms with Crippen molar-refractivity contribution in [3.05, 3.63) is 58.9 Å². The smallest absolute Gasteiger partial charge is 0.355 e. The van der Waals surface area contributed by atoms with Gasteiger partial charge < -0.3 is 10.2 Å². The van der Waals surface area contributed by atoms with E-state index in [2.05, 4.69) is 5.32 Å². The van der Waals surface area contributed by atoms with Crippen LogP contribution in [0.1, 0.15) is 38.1 Å². The number of carbonyl (C=O) groups excluding carboxylic acids is 2. The van der Waals surface area contributed by atoms with Crippen LogP contribution in [0.5, 0.6) is 0 Å². The third-order valence-corrected chi connectivity index (χ3v) is 5.23. The Balaban J connectivity index is 2.20. The first-order valence-corrected chi connectivity index (χ1v) is 9.41. The van der Waals surface area contributed by atoms with E-state index in [-0.39, 0.29) is 5.69 Å². The lowest BCUT2D eigenvalue weighted by atomic mass is 10.0.